The van der Waals surface area contributed by atoms with Gasteiger partial charge in [-0.2, -0.15) is 0 Å². The second-order valence-corrected chi connectivity index (χ2v) is 2.99. The van der Waals surface area contributed by atoms with Crippen LogP contribution in [-0.4, -0.2) is 25.5 Å². The van der Waals surface area contributed by atoms with Crippen LogP contribution < -0.4 is 5.32 Å². The summed E-state index contributed by atoms with van der Waals surface area (Å²) in [5.74, 6) is 0.141. The molecule has 4 nitrogen and oxygen atoms in total. The molecule has 0 aromatic carbocycles. The van der Waals surface area contributed by atoms with Gasteiger partial charge in [0, 0.05) is 13.0 Å². The maximum absolute atomic E-state index is 10.8. The minimum atomic E-state index is -0.198. The minimum absolute atomic E-state index is 0.0797. The highest BCUT2D eigenvalue weighted by Gasteiger charge is 2.20. The molecule has 1 aliphatic rings. The van der Waals surface area contributed by atoms with Crippen LogP contribution in [0.2, 0.25) is 0 Å². The number of piperidine rings is 1. The predicted octanol–water partition coefficient (Wildman–Crippen LogP) is 0.0757. The lowest BCUT2D eigenvalue weighted by Gasteiger charge is -2.20. The van der Waals surface area contributed by atoms with Gasteiger partial charge in [0.05, 0.1) is 13.5 Å². The van der Waals surface area contributed by atoms with Crippen LogP contribution in [0.5, 0.6) is 0 Å². The second-order valence-electron chi connectivity index (χ2n) is 2.99. The molecule has 0 spiro atoms. The molecule has 1 N–H and O–H groups in total. The van der Waals surface area contributed by atoms with Gasteiger partial charge >= 0.3 is 5.97 Å². The molecule has 1 aliphatic heterocycles. The van der Waals surface area contributed by atoms with E-state index in [4.69, 9.17) is 0 Å². The lowest BCUT2D eigenvalue weighted by atomic mass is 9.96. The smallest absolute Gasteiger partial charge is 0.305 e. The van der Waals surface area contributed by atoms with Gasteiger partial charge in [0.25, 0.3) is 0 Å². The molecule has 1 amide bonds. The maximum Gasteiger partial charge on any atom is 0.305 e. The van der Waals surface area contributed by atoms with Crippen LogP contribution in [0, 0.1) is 5.92 Å². The van der Waals surface area contributed by atoms with Gasteiger partial charge < -0.3 is 10.1 Å². The van der Waals surface area contributed by atoms with E-state index in [1.165, 1.54) is 7.11 Å². The first-order valence-electron chi connectivity index (χ1n) is 4.06. The van der Waals surface area contributed by atoms with Crippen molar-refractivity contribution in [2.45, 2.75) is 19.3 Å². The van der Waals surface area contributed by atoms with E-state index in [0.29, 0.717) is 19.4 Å². The van der Waals surface area contributed by atoms with Gasteiger partial charge in [0.15, 0.2) is 0 Å². The number of carbonyl (C=O) groups is 2. The summed E-state index contributed by atoms with van der Waals surface area (Å²) in [5, 5.41) is 2.71. The summed E-state index contributed by atoms with van der Waals surface area (Å²) in [6.45, 7) is 0.605. The van der Waals surface area contributed by atoms with Crippen molar-refractivity contribution in [2.24, 2.45) is 5.92 Å². The molecule has 0 saturated carbocycles. The van der Waals surface area contributed by atoms with Gasteiger partial charge in [-0.15, -0.1) is 0 Å². The number of rotatable bonds is 2. The lowest BCUT2D eigenvalue weighted by molar-refractivity contribution is -0.142. The molecule has 1 unspecified atom stereocenters. The summed E-state index contributed by atoms with van der Waals surface area (Å²) >= 11 is 0. The molecule has 0 aliphatic carbocycles. The highest BCUT2D eigenvalue weighted by atomic mass is 16.5. The van der Waals surface area contributed by atoms with Gasteiger partial charge in [-0.3, -0.25) is 9.59 Å². The van der Waals surface area contributed by atoms with Crippen LogP contribution in [-0.2, 0) is 14.3 Å². The Morgan fingerprint density at radius 3 is 3.00 bits per heavy atom. The SMILES string of the molecule is COC(=O)CC1CCC(=O)NC1. The standard InChI is InChI=1S/C8H13NO3/c1-12-8(11)4-6-2-3-7(10)9-5-6/h6H,2-5H2,1H3,(H,9,10). The highest BCUT2D eigenvalue weighted by molar-refractivity contribution is 5.77. The fourth-order valence-corrected chi connectivity index (χ4v) is 1.28. The first-order valence-corrected chi connectivity index (χ1v) is 4.06. The van der Waals surface area contributed by atoms with Gasteiger partial charge in [-0.05, 0) is 12.3 Å². The minimum Gasteiger partial charge on any atom is -0.469 e. The van der Waals surface area contributed by atoms with Crippen molar-refractivity contribution >= 4 is 11.9 Å². The number of carbonyl (C=O) groups excluding carboxylic acids is 2. The topological polar surface area (TPSA) is 55.4 Å². The first kappa shape index (κ1) is 9.03. The average Bonchev–Trinajstić information content (AvgIpc) is 2.09. The highest BCUT2D eigenvalue weighted by Crippen LogP contribution is 2.14. The molecule has 1 atom stereocenters. The number of methoxy groups -OCH3 is 1. The second kappa shape index (κ2) is 4.09. The van der Waals surface area contributed by atoms with Crippen LogP contribution in [0.15, 0.2) is 0 Å². The van der Waals surface area contributed by atoms with E-state index in [1.54, 1.807) is 0 Å². The van der Waals surface area contributed by atoms with Crippen LogP contribution in [0.4, 0.5) is 0 Å². The van der Waals surface area contributed by atoms with Crippen molar-refractivity contribution in [3.05, 3.63) is 0 Å². The summed E-state index contributed by atoms with van der Waals surface area (Å²) in [7, 11) is 1.38. The zero-order valence-electron chi connectivity index (χ0n) is 7.13. The fraction of sp³-hybridized carbons (Fsp3) is 0.750. The number of ether oxygens (including phenoxy) is 1. The fourth-order valence-electron chi connectivity index (χ4n) is 1.28. The number of amides is 1. The van der Waals surface area contributed by atoms with Gasteiger partial charge in [-0.1, -0.05) is 0 Å². The molecule has 0 aromatic heterocycles. The summed E-state index contributed by atoms with van der Waals surface area (Å²) in [6.07, 6.45) is 1.74. The monoisotopic (exact) mass is 171 g/mol. The van der Waals surface area contributed by atoms with Crippen molar-refractivity contribution in [1.29, 1.82) is 0 Å². The Labute approximate surface area is 71.3 Å². The number of esters is 1. The Hall–Kier alpha value is -1.06. The van der Waals surface area contributed by atoms with Gasteiger partial charge in [0.2, 0.25) is 5.91 Å². The molecule has 1 heterocycles. The molecular weight excluding hydrogens is 158 g/mol. The zero-order chi connectivity index (χ0) is 8.97. The van der Waals surface area contributed by atoms with E-state index in [-0.39, 0.29) is 17.8 Å². The van der Waals surface area contributed by atoms with E-state index >= 15 is 0 Å². The molecule has 1 fully saturated rings. The largest absolute Gasteiger partial charge is 0.469 e. The Bertz CT molecular complexity index is 181. The molecular formula is C8H13NO3. The average molecular weight is 171 g/mol. The predicted molar refractivity (Wildman–Crippen MR) is 42.4 cm³/mol. The molecule has 12 heavy (non-hydrogen) atoms. The van der Waals surface area contributed by atoms with Crippen LogP contribution in [0.1, 0.15) is 19.3 Å². The zero-order valence-corrected chi connectivity index (χ0v) is 7.13. The molecule has 0 aromatic rings. The van der Waals surface area contributed by atoms with Crippen LogP contribution >= 0.6 is 0 Å². The van der Waals surface area contributed by atoms with Crippen molar-refractivity contribution in [3.63, 3.8) is 0 Å². The third-order valence-electron chi connectivity index (χ3n) is 2.05. The Kier molecular flexibility index (Phi) is 3.08. The summed E-state index contributed by atoms with van der Waals surface area (Å²) < 4.78 is 4.53. The number of hydrogen-bond acceptors (Lipinski definition) is 3. The molecule has 0 bridgehead atoms. The molecule has 0 radical (unpaired) electrons. The van der Waals surface area contributed by atoms with Gasteiger partial charge in [0.1, 0.15) is 0 Å². The third-order valence-corrected chi connectivity index (χ3v) is 2.05. The molecule has 68 valence electrons. The maximum atomic E-state index is 10.8. The van der Waals surface area contributed by atoms with E-state index in [1.807, 2.05) is 0 Å². The summed E-state index contributed by atoms with van der Waals surface area (Å²) in [5.41, 5.74) is 0. The van der Waals surface area contributed by atoms with E-state index in [0.717, 1.165) is 6.42 Å². The Morgan fingerprint density at radius 2 is 2.50 bits per heavy atom. The quantitative estimate of drug-likeness (QED) is 0.598. The molecule has 1 saturated heterocycles. The van der Waals surface area contributed by atoms with Crippen molar-refractivity contribution in [3.8, 4) is 0 Å². The number of nitrogens with one attached hydrogen (secondary N) is 1. The summed E-state index contributed by atoms with van der Waals surface area (Å²) in [6, 6.07) is 0. The third kappa shape index (κ3) is 2.53. The van der Waals surface area contributed by atoms with Crippen molar-refractivity contribution in [1.82, 2.24) is 5.32 Å². The Balaban J connectivity index is 2.26. The van der Waals surface area contributed by atoms with Crippen LogP contribution in [0.25, 0.3) is 0 Å². The lowest BCUT2D eigenvalue weighted by Crippen LogP contribution is -2.35. The van der Waals surface area contributed by atoms with Crippen LogP contribution in [0.3, 0.4) is 0 Å². The summed E-state index contributed by atoms with van der Waals surface area (Å²) in [4.78, 5) is 21.6. The van der Waals surface area contributed by atoms with E-state index in [2.05, 4.69) is 10.1 Å². The van der Waals surface area contributed by atoms with Gasteiger partial charge in [-0.25, -0.2) is 0 Å². The molecule has 4 heteroatoms. The van der Waals surface area contributed by atoms with E-state index < -0.39 is 0 Å². The Morgan fingerprint density at radius 1 is 1.75 bits per heavy atom. The normalized spacial score (nSPS) is 23.1. The van der Waals surface area contributed by atoms with Crippen molar-refractivity contribution in [2.75, 3.05) is 13.7 Å². The first-order chi connectivity index (χ1) is 5.72. The van der Waals surface area contributed by atoms with Crippen molar-refractivity contribution < 1.29 is 14.3 Å². The number of hydrogen-bond donors (Lipinski definition) is 1. The van der Waals surface area contributed by atoms with E-state index in [9.17, 15) is 9.59 Å². The molecule has 1 rings (SSSR count).